The van der Waals surface area contributed by atoms with E-state index in [1.165, 1.54) is 0 Å². The summed E-state index contributed by atoms with van der Waals surface area (Å²) in [6.07, 6.45) is 3.69. The van der Waals surface area contributed by atoms with E-state index in [4.69, 9.17) is 14.5 Å². The molecule has 0 unspecified atom stereocenters. The molecule has 0 N–H and O–H groups in total. The van der Waals surface area contributed by atoms with E-state index in [2.05, 4.69) is 52.4 Å². The number of rotatable bonds is 7. The van der Waals surface area contributed by atoms with Crippen molar-refractivity contribution in [2.75, 3.05) is 37.7 Å². The number of piperazine rings is 1. The molecule has 0 spiro atoms. The molecule has 3 aromatic heterocycles. The van der Waals surface area contributed by atoms with Crippen LogP contribution in [0.4, 0.5) is 10.5 Å². The number of carbonyl (C=O) groups is 1. The minimum atomic E-state index is -1.16. The summed E-state index contributed by atoms with van der Waals surface area (Å²) in [5.74, 6) is 0.870. The number of nitrogens with zero attached hydrogens (tertiary/aromatic N) is 6. The first kappa shape index (κ1) is 27.2. The van der Waals surface area contributed by atoms with Gasteiger partial charge in [0.1, 0.15) is 18.2 Å². The molecule has 0 radical (unpaired) electrons. The fourth-order valence-electron chi connectivity index (χ4n) is 4.76. The molecule has 208 valence electrons. The Morgan fingerprint density at radius 2 is 1.74 bits per heavy atom. The Kier molecular flexibility index (Phi) is 7.43. The van der Waals surface area contributed by atoms with Gasteiger partial charge in [0.25, 0.3) is 0 Å². The second-order valence-corrected chi connectivity index (χ2v) is 18.1. The number of aromatic nitrogens is 4. The second-order valence-electron chi connectivity index (χ2n) is 12.4. The summed E-state index contributed by atoms with van der Waals surface area (Å²) in [6.45, 7) is 16.7. The van der Waals surface area contributed by atoms with Crippen molar-refractivity contribution < 1.29 is 14.3 Å². The molecule has 1 aliphatic heterocycles. The van der Waals surface area contributed by atoms with Crippen LogP contribution in [0.15, 0.2) is 48.8 Å². The molecule has 9 nitrogen and oxygen atoms in total. The highest BCUT2D eigenvalue weighted by atomic mass is 28.3. The first-order chi connectivity index (χ1) is 18.5. The lowest BCUT2D eigenvalue weighted by molar-refractivity contribution is 0.0240. The van der Waals surface area contributed by atoms with Gasteiger partial charge in [-0.15, -0.1) is 0 Å². The Bertz CT molecular complexity index is 1460. The lowest BCUT2D eigenvalue weighted by atomic mass is 10.2. The third kappa shape index (κ3) is 6.28. The molecule has 1 saturated heterocycles. The van der Waals surface area contributed by atoms with Crippen LogP contribution in [0.3, 0.4) is 0 Å². The maximum absolute atomic E-state index is 12.5. The molecular formula is C29H40N6O3Si. The van der Waals surface area contributed by atoms with Crippen LogP contribution < -0.4 is 4.90 Å². The Morgan fingerprint density at radius 1 is 1.00 bits per heavy atom. The molecule has 4 aromatic rings. The van der Waals surface area contributed by atoms with Gasteiger partial charge >= 0.3 is 6.09 Å². The van der Waals surface area contributed by atoms with Crippen molar-refractivity contribution in [3.8, 4) is 11.4 Å². The third-order valence-electron chi connectivity index (χ3n) is 6.90. The van der Waals surface area contributed by atoms with E-state index in [0.717, 1.165) is 59.4 Å². The van der Waals surface area contributed by atoms with Gasteiger partial charge in [-0.3, -0.25) is 4.57 Å². The van der Waals surface area contributed by atoms with E-state index >= 15 is 0 Å². The van der Waals surface area contributed by atoms with Crippen LogP contribution in [0.1, 0.15) is 20.8 Å². The molecule has 5 rings (SSSR count). The van der Waals surface area contributed by atoms with Crippen molar-refractivity contribution in [1.29, 1.82) is 0 Å². The Labute approximate surface area is 231 Å². The topological polar surface area (TPSA) is 77.1 Å². The van der Waals surface area contributed by atoms with E-state index in [1.807, 2.05) is 55.9 Å². The molecule has 1 aliphatic rings. The normalized spacial score (nSPS) is 14.9. The Hall–Kier alpha value is -3.37. The number of hydrogen-bond acceptors (Lipinski definition) is 6. The summed E-state index contributed by atoms with van der Waals surface area (Å²) in [6, 6.07) is 13.5. The molecule has 1 aromatic carbocycles. The molecular weight excluding hydrogens is 508 g/mol. The van der Waals surface area contributed by atoms with Gasteiger partial charge in [-0.05, 0) is 51.1 Å². The Balaban J connectivity index is 1.34. The molecule has 1 fully saturated rings. The average Bonchev–Trinajstić information content (AvgIpc) is 3.46. The van der Waals surface area contributed by atoms with E-state index in [0.29, 0.717) is 19.8 Å². The maximum atomic E-state index is 12.5. The number of imidazole rings is 1. The monoisotopic (exact) mass is 548 g/mol. The van der Waals surface area contributed by atoms with E-state index in [-0.39, 0.29) is 6.09 Å². The minimum absolute atomic E-state index is 0.251. The van der Waals surface area contributed by atoms with Crippen molar-refractivity contribution in [3.63, 3.8) is 0 Å². The largest absolute Gasteiger partial charge is 0.444 e. The number of carbonyl (C=O) groups excluding carboxylic acids is 1. The molecule has 39 heavy (non-hydrogen) atoms. The first-order valence-corrected chi connectivity index (χ1v) is 17.4. The van der Waals surface area contributed by atoms with E-state index in [9.17, 15) is 4.79 Å². The molecule has 0 bridgehead atoms. The van der Waals surface area contributed by atoms with Crippen molar-refractivity contribution >= 4 is 36.4 Å². The number of amides is 1. The molecule has 0 atom stereocenters. The number of para-hydroxylation sites is 2. The van der Waals surface area contributed by atoms with Gasteiger partial charge in [0.15, 0.2) is 0 Å². The maximum Gasteiger partial charge on any atom is 0.410 e. The summed E-state index contributed by atoms with van der Waals surface area (Å²) in [7, 11) is -1.16. The van der Waals surface area contributed by atoms with Crippen LogP contribution in [-0.2, 0) is 16.2 Å². The predicted molar refractivity (Wildman–Crippen MR) is 158 cm³/mol. The molecule has 4 heterocycles. The Morgan fingerprint density at radius 3 is 2.46 bits per heavy atom. The van der Waals surface area contributed by atoms with Gasteiger partial charge < -0.3 is 19.3 Å². The summed E-state index contributed by atoms with van der Waals surface area (Å²) in [5, 5.41) is 4.67. The molecule has 1 amide bonds. The zero-order chi connectivity index (χ0) is 27.8. The van der Waals surface area contributed by atoms with Crippen molar-refractivity contribution in [1.82, 2.24) is 24.1 Å². The van der Waals surface area contributed by atoms with E-state index in [1.54, 1.807) is 4.90 Å². The van der Waals surface area contributed by atoms with Gasteiger partial charge in [-0.2, -0.15) is 5.10 Å². The smallest absolute Gasteiger partial charge is 0.410 e. The number of fused-ring (bicyclic) bond motifs is 2. The second kappa shape index (κ2) is 10.7. The van der Waals surface area contributed by atoms with Gasteiger partial charge in [0, 0.05) is 52.6 Å². The van der Waals surface area contributed by atoms with Crippen LogP contribution in [0.2, 0.25) is 25.7 Å². The number of benzene rings is 1. The molecule has 0 aliphatic carbocycles. The number of ether oxygens (including phenoxy) is 2. The lowest BCUT2D eigenvalue weighted by Gasteiger charge is -2.36. The zero-order valence-corrected chi connectivity index (χ0v) is 25.0. The fourth-order valence-corrected chi connectivity index (χ4v) is 5.52. The van der Waals surface area contributed by atoms with Gasteiger partial charge in [-0.25, -0.2) is 14.3 Å². The zero-order valence-electron chi connectivity index (χ0n) is 24.0. The SMILES string of the molecule is CC(C)(C)OC(=O)N1CCN(c2cnn3cc(-c4nc5ccccc5n4COCC[Si](C)(C)C)ccc23)CC1. The van der Waals surface area contributed by atoms with Crippen molar-refractivity contribution in [3.05, 3.63) is 48.8 Å². The molecule has 0 saturated carbocycles. The number of hydrogen-bond donors (Lipinski definition) is 0. The van der Waals surface area contributed by atoms with Crippen LogP contribution in [0, 0.1) is 0 Å². The fraction of sp³-hybridized carbons (Fsp3) is 0.483. The minimum Gasteiger partial charge on any atom is -0.444 e. The van der Waals surface area contributed by atoms with Gasteiger partial charge in [0.05, 0.1) is 28.4 Å². The van der Waals surface area contributed by atoms with Crippen LogP contribution >= 0.6 is 0 Å². The standard InChI is InChI=1S/C29H40N6O3Si/c1-29(2,3)38-28(36)33-15-13-32(14-16-33)26-19-30-35-20-22(11-12-25(26)35)27-31-23-9-7-8-10-24(23)34(27)21-37-17-18-39(4,5)6/h7-12,19-20H,13-18,21H2,1-6H3. The number of anilines is 1. The van der Waals surface area contributed by atoms with E-state index < -0.39 is 13.7 Å². The van der Waals surface area contributed by atoms with Crippen LogP contribution in [-0.4, -0.2) is 76.6 Å². The highest BCUT2D eigenvalue weighted by Gasteiger charge is 2.27. The predicted octanol–water partition coefficient (Wildman–Crippen LogP) is 5.72. The van der Waals surface area contributed by atoms with Gasteiger partial charge in [-0.1, -0.05) is 31.8 Å². The summed E-state index contributed by atoms with van der Waals surface area (Å²) in [5.41, 5.74) is 4.59. The summed E-state index contributed by atoms with van der Waals surface area (Å²) < 4.78 is 15.8. The van der Waals surface area contributed by atoms with Crippen LogP contribution in [0.25, 0.3) is 27.9 Å². The third-order valence-corrected chi connectivity index (χ3v) is 8.60. The average molecular weight is 549 g/mol. The van der Waals surface area contributed by atoms with Gasteiger partial charge in [0.2, 0.25) is 0 Å². The molecule has 10 heteroatoms. The number of pyridine rings is 1. The summed E-state index contributed by atoms with van der Waals surface area (Å²) in [4.78, 5) is 21.5. The summed E-state index contributed by atoms with van der Waals surface area (Å²) >= 11 is 0. The van der Waals surface area contributed by atoms with Crippen LogP contribution in [0.5, 0.6) is 0 Å². The first-order valence-electron chi connectivity index (χ1n) is 13.7. The quantitative estimate of drug-likeness (QED) is 0.217. The van der Waals surface area contributed by atoms with Crippen molar-refractivity contribution in [2.45, 2.75) is 58.8 Å². The highest BCUT2D eigenvalue weighted by Crippen LogP contribution is 2.29. The van der Waals surface area contributed by atoms with Crippen molar-refractivity contribution in [2.24, 2.45) is 0 Å². The lowest BCUT2D eigenvalue weighted by Crippen LogP contribution is -2.50. The highest BCUT2D eigenvalue weighted by molar-refractivity contribution is 6.76.